The van der Waals surface area contributed by atoms with Gasteiger partial charge in [0, 0.05) is 36.7 Å². The van der Waals surface area contributed by atoms with Gasteiger partial charge in [0.25, 0.3) is 5.91 Å². The molecule has 1 aromatic carbocycles. The van der Waals surface area contributed by atoms with Crippen molar-refractivity contribution in [2.24, 2.45) is 13.0 Å². The molecule has 7 nitrogen and oxygen atoms in total. The average molecular weight is 396 g/mol. The Hall–Kier alpha value is -3.00. The lowest BCUT2D eigenvalue weighted by Crippen LogP contribution is -2.13. The molecular weight excluding hydrogens is 376 g/mol. The van der Waals surface area contributed by atoms with E-state index in [0.29, 0.717) is 17.2 Å². The first-order valence-electron chi connectivity index (χ1n) is 8.99. The predicted molar refractivity (Wildman–Crippen MR) is 107 cm³/mol. The van der Waals surface area contributed by atoms with E-state index in [0.717, 1.165) is 23.7 Å². The lowest BCUT2D eigenvalue weighted by Gasteiger charge is -2.07. The summed E-state index contributed by atoms with van der Waals surface area (Å²) in [6.45, 7) is 0. The van der Waals surface area contributed by atoms with E-state index in [1.807, 2.05) is 17.8 Å². The monoisotopic (exact) mass is 396 g/mol. The molecule has 4 rings (SSSR count). The molecule has 0 spiro atoms. The minimum atomic E-state index is -0.317. The molecule has 0 radical (unpaired) electrons. The Morgan fingerprint density at radius 1 is 1.14 bits per heavy atom. The van der Waals surface area contributed by atoms with Gasteiger partial charge in [-0.05, 0) is 49.2 Å². The Kier molecular flexibility index (Phi) is 5.21. The molecule has 1 aliphatic rings. The minimum Gasteiger partial charge on any atom is -0.455 e. The Labute approximate surface area is 166 Å². The van der Waals surface area contributed by atoms with E-state index in [4.69, 9.17) is 4.42 Å². The van der Waals surface area contributed by atoms with Crippen molar-refractivity contribution in [2.75, 3.05) is 10.6 Å². The van der Waals surface area contributed by atoms with Crippen molar-refractivity contribution in [3.05, 3.63) is 60.3 Å². The van der Waals surface area contributed by atoms with Crippen LogP contribution in [-0.4, -0.2) is 21.4 Å². The van der Waals surface area contributed by atoms with E-state index in [1.165, 1.54) is 0 Å². The maximum absolute atomic E-state index is 12.4. The number of imidazole rings is 1. The Morgan fingerprint density at radius 3 is 2.50 bits per heavy atom. The molecule has 0 saturated heterocycles. The molecular formula is C20H20N4O3S. The Bertz CT molecular complexity index is 989. The number of benzene rings is 1. The SMILES string of the molecule is Cn1ccnc1SCc1ccc(C(=O)Nc2ccc(NC(=O)C3CC3)cc2)o1. The summed E-state index contributed by atoms with van der Waals surface area (Å²) in [5, 5.41) is 6.55. The highest BCUT2D eigenvalue weighted by atomic mass is 32.2. The van der Waals surface area contributed by atoms with Crippen LogP contribution in [-0.2, 0) is 17.6 Å². The molecule has 2 amide bonds. The molecule has 0 atom stereocenters. The van der Waals surface area contributed by atoms with Crippen molar-refractivity contribution in [3.63, 3.8) is 0 Å². The molecule has 1 aliphatic carbocycles. The fourth-order valence-corrected chi connectivity index (χ4v) is 3.45. The van der Waals surface area contributed by atoms with Crippen LogP contribution in [0.2, 0.25) is 0 Å². The van der Waals surface area contributed by atoms with E-state index in [1.54, 1.807) is 54.4 Å². The first kappa shape index (κ1) is 18.4. The van der Waals surface area contributed by atoms with E-state index in [-0.39, 0.29) is 23.5 Å². The molecule has 144 valence electrons. The number of thioether (sulfide) groups is 1. The van der Waals surface area contributed by atoms with Crippen LogP contribution in [0.5, 0.6) is 0 Å². The fourth-order valence-electron chi connectivity index (χ4n) is 2.62. The number of furan rings is 1. The number of carbonyl (C=O) groups is 2. The Morgan fingerprint density at radius 2 is 1.86 bits per heavy atom. The van der Waals surface area contributed by atoms with Gasteiger partial charge < -0.3 is 19.6 Å². The fraction of sp³-hybridized carbons (Fsp3) is 0.250. The third-order valence-electron chi connectivity index (χ3n) is 4.36. The standard InChI is InChI=1S/C20H20N4O3S/c1-24-11-10-21-20(24)28-12-16-8-9-17(27-16)19(26)23-15-6-4-14(5-7-15)22-18(25)13-2-3-13/h4-11,13H,2-3,12H2,1H3,(H,22,25)(H,23,26). The molecule has 8 heteroatoms. The van der Waals surface area contributed by atoms with Gasteiger partial charge in [0.15, 0.2) is 10.9 Å². The van der Waals surface area contributed by atoms with Crippen LogP contribution in [0.4, 0.5) is 11.4 Å². The van der Waals surface area contributed by atoms with Gasteiger partial charge in [-0.2, -0.15) is 0 Å². The van der Waals surface area contributed by atoms with Crippen LogP contribution in [0.1, 0.15) is 29.2 Å². The van der Waals surface area contributed by atoms with Crippen LogP contribution in [0, 0.1) is 5.92 Å². The average Bonchev–Trinajstić information content (AvgIpc) is 3.30. The summed E-state index contributed by atoms with van der Waals surface area (Å²) in [4.78, 5) is 28.4. The maximum atomic E-state index is 12.4. The summed E-state index contributed by atoms with van der Waals surface area (Å²) in [6, 6.07) is 10.5. The molecule has 1 saturated carbocycles. The topological polar surface area (TPSA) is 89.2 Å². The van der Waals surface area contributed by atoms with Crippen molar-refractivity contribution in [2.45, 2.75) is 23.8 Å². The minimum absolute atomic E-state index is 0.0586. The van der Waals surface area contributed by atoms with Gasteiger partial charge in [0.1, 0.15) is 5.76 Å². The molecule has 2 aromatic heterocycles. The highest BCUT2D eigenvalue weighted by molar-refractivity contribution is 7.98. The smallest absolute Gasteiger partial charge is 0.291 e. The predicted octanol–water partition coefficient (Wildman–Crippen LogP) is 3.91. The lowest BCUT2D eigenvalue weighted by atomic mass is 10.2. The quantitative estimate of drug-likeness (QED) is 0.591. The van der Waals surface area contributed by atoms with E-state index in [9.17, 15) is 9.59 Å². The van der Waals surface area contributed by atoms with E-state index < -0.39 is 0 Å². The number of nitrogens with zero attached hydrogens (tertiary/aromatic N) is 2. The normalized spacial score (nSPS) is 13.3. The van der Waals surface area contributed by atoms with E-state index >= 15 is 0 Å². The third-order valence-corrected chi connectivity index (χ3v) is 5.44. The van der Waals surface area contributed by atoms with Crippen molar-refractivity contribution in [3.8, 4) is 0 Å². The van der Waals surface area contributed by atoms with Gasteiger partial charge in [0.05, 0.1) is 5.75 Å². The molecule has 0 bridgehead atoms. The second-order valence-corrected chi connectivity index (χ2v) is 7.61. The van der Waals surface area contributed by atoms with Gasteiger partial charge >= 0.3 is 0 Å². The highest BCUT2D eigenvalue weighted by Gasteiger charge is 2.29. The van der Waals surface area contributed by atoms with Crippen LogP contribution in [0.25, 0.3) is 0 Å². The summed E-state index contributed by atoms with van der Waals surface area (Å²) in [7, 11) is 1.93. The first-order chi connectivity index (χ1) is 13.6. The summed E-state index contributed by atoms with van der Waals surface area (Å²) in [6.07, 6.45) is 5.55. The van der Waals surface area contributed by atoms with Crippen molar-refractivity contribution < 1.29 is 14.0 Å². The van der Waals surface area contributed by atoms with Crippen LogP contribution in [0.3, 0.4) is 0 Å². The number of aryl methyl sites for hydroxylation is 1. The number of hydrogen-bond acceptors (Lipinski definition) is 5. The molecule has 3 aromatic rings. The maximum Gasteiger partial charge on any atom is 0.291 e. The number of aromatic nitrogens is 2. The summed E-state index contributed by atoms with van der Waals surface area (Å²) in [5.74, 6) is 1.44. The van der Waals surface area contributed by atoms with Gasteiger partial charge in [0.2, 0.25) is 5.91 Å². The van der Waals surface area contributed by atoms with E-state index in [2.05, 4.69) is 15.6 Å². The first-order valence-corrected chi connectivity index (χ1v) is 9.98. The molecule has 2 heterocycles. The van der Waals surface area contributed by atoms with Crippen molar-refractivity contribution in [1.29, 1.82) is 0 Å². The summed E-state index contributed by atoms with van der Waals surface area (Å²) in [5.41, 5.74) is 1.36. The third kappa shape index (κ3) is 4.45. The molecule has 0 unspecified atom stereocenters. The summed E-state index contributed by atoms with van der Waals surface area (Å²) >= 11 is 1.54. The zero-order valence-electron chi connectivity index (χ0n) is 15.3. The second-order valence-electron chi connectivity index (χ2n) is 6.67. The van der Waals surface area contributed by atoms with Crippen LogP contribution in [0.15, 0.2) is 58.4 Å². The van der Waals surface area contributed by atoms with Gasteiger partial charge in [-0.15, -0.1) is 0 Å². The zero-order chi connectivity index (χ0) is 19.5. The molecule has 1 fully saturated rings. The van der Waals surface area contributed by atoms with Gasteiger partial charge in [-0.1, -0.05) is 11.8 Å². The number of rotatable bonds is 7. The molecule has 28 heavy (non-hydrogen) atoms. The van der Waals surface area contributed by atoms with Gasteiger partial charge in [-0.3, -0.25) is 9.59 Å². The second kappa shape index (κ2) is 7.93. The lowest BCUT2D eigenvalue weighted by molar-refractivity contribution is -0.117. The van der Waals surface area contributed by atoms with Gasteiger partial charge in [-0.25, -0.2) is 4.98 Å². The molecule has 2 N–H and O–H groups in total. The summed E-state index contributed by atoms with van der Waals surface area (Å²) < 4.78 is 7.57. The largest absolute Gasteiger partial charge is 0.455 e. The van der Waals surface area contributed by atoms with Crippen molar-refractivity contribution in [1.82, 2.24) is 9.55 Å². The zero-order valence-corrected chi connectivity index (χ0v) is 16.2. The number of anilines is 2. The number of hydrogen-bond donors (Lipinski definition) is 2. The van der Waals surface area contributed by atoms with Crippen LogP contribution >= 0.6 is 11.8 Å². The number of nitrogens with one attached hydrogen (secondary N) is 2. The Balaban J connectivity index is 1.31. The van der Waals surface area contributed by atoms with Crippen LogP contribution < -0.4 is 10.6 Å². The highest BCUT2D eigenvalue weighted by Crippen LogP contribution is 2.30. The number of carbonyl (C=O) groups excluding carboxylic acids is 2. The van der Waals surface area contributed by atoms with Crippen molar-refractivity contribution >= 4 is 35.0 Å². The molecule has 0 aliphatic heterocycles. The number of amides is 2.